The van der Waals surface area contributed by atoms with E-state index in [2.05, 4.69) is 6.92 Å². The van der Waals surface area contributed by atoms with E-state index in [4.69, 9.17) is 5.73 Å². The molecule has 0 aliphatic carbocycles. The highest BCUT2D eigenvalue weighted by atomic mass is 32.2. The van der Waals surface area contributed by atoms with Crippen LogP contribution in [0.25, 0.3) is 0 Å². The number of hydrogen-bond donors (Lipinski definition) is 1. The summed E-state index contributed by atoms with van der Waals surface area (Å²) in [4.78, 5) is 12.7. The predicted molar refractivity (Wildman–Crippen MR) is 54.3 cm³/mol. The van der Waals surface area contributed by atoms with Gasteiger partial charge in [0, 0.05) is 19.3 Å². The summed E-state index contributed by atoms with van der Waals surface area (Å²) in [5, 5.41) is 0.485. The smallest absolute Gasteiger partial charge is 0.232 e. The maximum atomic E-state index is 11.1. The van der Waals surface area contributed by atoms with Gasteiger partial charge in [0.1, 0.15) is 0 Å². The third kappa shape index (κ3) is 5.43. The summed E-state index contributed by atoms with van der Waals surface area (Å²) in [5.41, 5.74) is 5.39. The number of carbonyl (C=O) groups excluding carboxylic acids is 1. The molecule has 1 atom stereocenters. The van der Waals surface area contributed by atoms with E-state index in [1.807, 2.05) is 0 Å². The van der Waals surface area contributed by atoms with Gasteiger partial charge in [-0.25, -0.2) is 0 Å². The van der Waals surface area contributed by atoms with Crippen LogP contribution in [0.5, 0.6) is 0 Å². The Bertz CT molecular complexity index is 139. The van der Waals surface area contributed by atoms with Crippen molar-refractivity contribution in [1.29, 1.82) is 0 Å². The molecular formula is C8H18N2OS. The van der Waals surface area contributed by atoms with Crippen molar-refractivity contribution in [3.8, 4) is 0 Å². The van der Waals surface area contributed by atoms with Gasteiger partial charge in [-0.05, 0) is 13.0 Å². The molecule has 0 aliphatic rings. The van der Waals surface area contributed by atoms with Crippen molar-refractivity contribution < 1.29 is 4.79 Å². The van der Waals surface area contributed by atoms with Crippen molar-refractivity contribution in [2.45, 2.75) is 18.6 Å². The molecular weight excluding hydrogens is 172 g/mol. The summed E-state index contributed by atoms with van der Waals surface area (Å²) in [5.74, 6) is 0.734. The summed E-state index contributed by atoms with van der Waals surface area (Å²) in [7, 11) is 3.55. The third-order valence-corrected chi connectivity index (χ3v) is 2.78. The summed E-state index contributed by atoms with van der Waals surface area (Å²) in [6.07, 6.45) is 0.978. The molecule has 1 unspecified atom stereocenters. The minimum atomic E-state index is 0.170. The zero-order chi connectivity index (χ0) is 9.56. The Morgan fingerprint density at radius 3 is 2.58 bits per heavy atom. The molecule has 1 amide bonds. The normalized spacial score (nSPS) is 12.7. The van der Waals surface area contributed by atoms with Crippen LogP contribution in [0.1, 0.15) is 13.3 Å². The molecule has 0 aromatic heterocycles. The molecule has 3 nitrogen and oxygen atoms in total. The van der Waals surface area contributed by atoms with Crippen molar-refractivity contribution in [3.05, 3.63) is 0 Å². The van der Waals surface area contributed by atoms with Crippen LogP contribution in [0.2, 0.25) is 0 Å². The Kier molecular flexibility index (Phi) is 6.20. The molecule has 0 aliphatic heterocycles. The van der Waals surface area contributed by atoms with E-state index in [0.717, 1.165) is 6.42 Å². The second-order valence-corrected chi connectivity index (χ2v) is 4.41. The number of amides is 1. The lowest BCUT2D eigenvalue weighted by atomic mass is 10.3. The van der Waals surface area contributed by atoms with Crippen LogP contribution in [-0.2, 0) is 4.79 Å². The molecule has 0 saturated heterocycles. The molecule has 0 spiro atoms. The molecule has 2 N–H and O–H groups in total. The predicted octanol–water partition coefficient (Wildman–Crippen LogP) is 0.545. The topological polar surface area (TPSA) is 46.3 Å². The van der Waals surface area contributed by atoms with Crippen LogP contribution in [0.4, 0.5) is 0 Å². The Morgan fingerprint density at radius 1 is 1.58 bits per heavy atom. The van der Waals surface area contributed by atoms with Gasteiger partial charge in [-0.1, -0.05) is 6.92 Å². The molecule has 0 aromatic rings. The number of nitrogens with two attached hydrogens (primary N) is 1. The van der Waals surface area contributed by atoms with Crippen LogP contribution >= 0.6 is 11.8 Å². The molecule has 4 heteroatoms. The summed E-state index contributed by atoms with van der Waals surface area (Å²) < 4.78 is 0. The Labute approximate surface area is 78.7 Å². The van der Waals surface area contributed by atoms with Crippen molar-refractivity contribution in [2.24, 2.45) is 5.73 Å². The highest BCUT2D eigenvalue weighted by Gasteiger charge is 2.07. The largest absolute Gasteiger partial charge is 0.348 e. The van der Waals surface area contributed by atoms with Crippen LogP contribution < -0.4 is 5.73 Å². The van der Waals surface area contributed by atoms with Gasteiger partial charge in [-0.15, -0.1) is 11.8 Å². The van der Waals surface area contributed by atoms with Gasteiger partial charge in [-0.3, -0.25) is 4.79 Å². The van der Waals surface area contributed by atoms with E-state index in [-0.39, 0.29) is 5.91 Å². The maximum absolute atomic E-state index is 11.1. The first-order valence-corrected chi connectivity index (χ1v) is 5.14. The molecule has 0 saturated carbocycles. The standard InChI is InChI=1S/C8H18N2OS/c1-7(4-5-9)12-6-8(11)10(2)3/h7H,4-6,9H2,1-3H3. The third-order valence-electron chi connectivity index (χ3n) is 1.56. The van der Waals surface area contributed by atoms with Gasteiger partial charge in [0.25, 0.3) is 0 Å². The lowest BCUT2D eigenvalue weighted by Crippen LogP contribution is -2.24. The Balaban J connectivity index is 3.47. The van der Waals surface area contributed by atoms with E-state index in [1.165, 1.54) is 0 Å². The highest BCUT2D eigenvalue weighted by Crippen LogP contribution is 2.13. The van der Waals surface area contributed by atoms with Crippen LogP contribution in [0.3, 0.4) is 0 Å². The fourth-order valence-electron chi connectivity index (χ4n) is 0.661. The summed E-state index contributed by atoms with van der Waals surface area (Å²) >= 11 is 1.67. The fourth-order valence-corrected chi connectivity index (χ4v) is 1.65. The number of nitrogens with zero attached hydrogens (tertiary/aromatic N) is 1. The molecule has 0 aromatic carbocycles. The first kappa shape index (κ1) is 11.8. The van der Waals surface area contributed by atoms with Gasteiger partial charge < -0.3 is 10.6 Å². The fraction of sp³-hybridized carbons (Fsp3) is 0.875. The number of hydrogen-bond acceptors (Lipinski definition) is 3. The van der Waals surface area contributed by atoms with Crippen molar-refractivity contribution >= 4 is 17.7 Å². The lowest BCUT2D eigenvalue weighted by molar-refractivity contribution is -0.125. The van der Waals surface area contributed by atoms with Crippen molar-refractivity contribution in [3.63, 3.8) is 0 Å². The molecule has 0 radical (unpaired) electrons. The lowest BCUT2D eigenvalue weighted by Gasteiger charge is -2.12. The van der Waals surface area contributed by atoms with Gasteiger partial charge in [0.05, 0.1) is 5.75 Å². The molecule has 72 valence electrons. The number of rotatable bonds is 5. The Morgan fingerprint density at radius 2 is 2.17 bits per heavy atom. The highest BCUT2D eigenvalue weighted by molar-refractivity contribution is 8.00. The molecule has 0 heterocycles. The van der Waals surface area contributed by atoms with E-state index < -0.39 is 0 Å². The molecule has 0 fully saturated rings. The van der Waals surface area contributed by atoms with Crippen LogP contribution in [-0.4, -0.2) is 42.4 Å². The minimum Gasteiger partial charge on any atom is -0.348 e. The summed E-state index contributed by atoms with van der Waals surface area (Å²) in [6, 6.07) is 0. The minimum absolute atomic E-state index is 0.170. The van der Waals surface area contributed by atoms with Crippen molar-refractivity contribution in [1.82, 2.24) is 4.90 Å². The maximum Gasteiger partial charge on any atom is 0.232 e. The molecule has 12 heavy (non-hydrogen) atoms. The van der Waals surface area contributed by atoms with Gasteiger partial charge in [0.2, 0.25) is 5.91 Å². The molecule has 0 bridgehead atoms. The van der Waals surface area contributed by atoms with E-state index >= 15 is 0 Å². The average molecular weight is 190 g/mol. The second kappa shape index (κ2) is 6.31. The van der Waals surface area contributed by atoms with Gasteiger partial charge in [0.15, 0.2) is 0 Å². The Hall–Kier alpha value is -0.220. The molecule has 0 rings (SSSR count). The zero-order valence-corrected chi connectivity index (χ0v) is 8.86. The van der Waals surface area contributed by atoms with E-state index in [9.17, 15) is 4.79 Å². The second-order valence-electron chi connectivity index (χ2n) is 2.99. The van der Waals surface area contributed by atoms with Crippen LogP contribution in [0, 0.1) is 0 Å². The van der Waals surface area contributed by atoms with Crippen molar-refractivity contribution in [2.75, 3.05) is 26.4 Å². The average Bonchev–Trinajstić information content (AvgIpc) is 2.00. The van der Waals surface area contributed by atoms with E-state index in [1.54, 1.807) is 30.8 Å². The SMILES string of the molecule is CC(CCN)SCC(=O)N(C)C. The summed E-state index contributed by atoms with van der Waals surface area (Å²) in [6.45, 7) is 2.80. The number of carbonyl (C=O) groups is 1. The first-order valence-electron chi connectivity index (χ1n) is 4.09. The number of thioether (sulfide) groups is 1. The van der Waals surface area contributed by atoms with E-state index in [0.29, 0.717) is 17.5 Å². The quantitative estimate of drug-likeness (QED) is 0.688. The zero-order valence-electron chi connectivity index (χ0n) is 8.04. The first-order chi connectivity index (χ1) is 5.57. The van der Waals surface area contributed by atoms with Gasteiger partial charge >= 0.3 is 0 Å². The monoisotopic (exact) mass is 190 g/mol. The van der Waals surface area contributed by atoms with Crippen LogP contribution in [0.15, 0.2) is 0 Å². The van der Waals surface area contributed by atoms with Gasteiger partial charge in [-0.2, -0.15) is 0 Å².